The third-order valence-electron chi connectivity index (χ3n) is 5.92. The van der Waals surface area contributed by atoms with E-state index in [-0.39, 0.29) is 16.7 Å². The number of hydrogen-bond donors (Lipinski definition) is 1. The van der Waals surface area contributed by atoms with Gasteiger partial charge in [0.05, 0.1) is 18.7 Å². The normalized spacial score (nSPS) is 17.9. The first kappa shape index (κ1) is 22.3. The number of nitrogens with zero attached hydrogens (tertiary/aromatic N) is 1. The number of ether oxygens (including phenoxy) is 1. The average Bonchev–Trinajstić information content (AvgIpc) is 3.09. The molecule has 0 radical (unpaired) electrons. The minimum absolute atomic E-state index is 0.0445. The van der Waals surface area contributed by atoms with Crippen LogP contribution in [0.1, 0.15) is 43.5 Å². The van der Waals surface area contributed by atoms with Crippen LogP contribution in [0.15, 0.2) is 84.4 Å². The number of anilines is 1. The number of carbonyl (C=O) groups is 2. The van der Waals surface area contributed by atoms with Crippen molar-refractivity contribution in [1.82, 2.24) is 0 Å². The molecule has 1 amide bonds. The Morgan fingerprint density at radius 2 is 1.58 bits per heavy atom. The summed E-state index contributed by atoms with van der Waals surface area (Å²) < 4.78 is 5.33. The van der Waals surface area contributed by atoms with E-state index >= 15 is 0 Å². The van der Waals surface area contributed by atoms with Gasteiger partial charge in [0.25, 0.3) is 11.7 Å². The maximum absolute atomic E-state index is 13.3. The van der Waals surface area contributed by atoms with Crippen molar-refractivity contribution in [3.05, 3.63) is 101 Å². The van der Waals surface area contributed by atoms with E-state index in [1.54, 1.807) is 55.6 Å². The number of amides is 1. The highest BCUT2D eigenvalue weighted by Crippen LogP contribution is 2.43. The highest BCUT2D eigenvalue weighted by atomic mass is 16.5. The Morgan fingerprint density at radius 1 is 0.909 bits per heavy atom. The number of aliphatic hydroxyl groups is 1. The molecule has 1 atom stereocenters. The summed E-state index contributed by atoms with van der Waals surface area (Å²) in [5.74, 6) is -1.03. The highest BCUT2D eigenvalue weighted by Gasteiger charge is 2.47. The second kappa shape index (κ2) is 8.58. The van der Waals surface area contributed by atoms with Crippen molar-refractivity contribution in [2.45, 2.75) is 32.2 Å². The maximum atomic E-state index is 13.3. The molecule has 5 heteroatoms. The lowest BCUT2D eigenvalue weighted by molar-refractivity contribution is -0.132. The molecule has 33 heavy (non-hydrogen) atoms. The minimum Gasteiger partial charge on any atom is -0.507 e. The third-order valence-corrected chi connectivity index (χ3v) is 5.92. The van der Waals surface area contributed by atoms with E-state index in [9.17, 15) is 14.7 Å². The van der Waals surface area contributed by atoms with Gasteiger partial charge in [0.2, 0.25) is 0 Å². The van der Waals surface area contributed by atoms with Crippen molar-refractivity contribution in [2.75, 3.05) is 12.0 Å². The maximum Gasteiger partial charge on any atom is 0.300 e. The van der Waals surface area contributed by atoms with Gasteiger partial charge in [-0.15, -0.1) is 0 Å². The van der Waals surface area contributed by atoms with Gasteiger partial charge in [-0.1, -0.05) is 81.4 Å². The zero-order chi connectivity index (χ0) is 23.8. The zero-order valence-corrected chi connectivity index (χ0v) is 19.2. The summed E-state index contributed by atoms with van der Waals surface area (Å²) in [6.45, 7) is 6.37. The topological polar surface area (TPSA) is 66.8 Å². The molecular weight excluding hydrogens is 414 g/mol. The average molecular weight is 442 g/mol. The summed E-state index contributed by atoms with van der Waals surface area (Å²) in [5, 5.41) is 11.1. The second-order valence-electron chi connectivity index (χ2n) is 9.11. The molecule has 0 saturated carbocycles. The van der Waals surface area contributed by atoms with Gasteiger partial charge >= 0.3 is 0 Å². The zero-order valence-electron chi connectivity index (χ0n) is 19.2. The lowest BCUT2D eigenvalue weighted by Gasteiger charge is -2.27. The molecule has 4 rings (SSSR count). The molecule has 1 heterocycles. The summed E-state index contributed by atoms with van der Waals surface area (Å²) in [5.41, 5.74) is 2.90. The van der Waals surface area contributed by atoms with Crippen molar-refractivity contribution >= 4 is 23.1 Å². The van der Waals surface area contributed by atoms with Crippen LogP contribution in [0.5, 0.6) is 5.75 Å². The van der Waals surface area contributed by atoms with Crippen molar-refractivity contribution in [2.24, 2.45) is 0 Å². The van der Waals surface area contributed by atoms with E-state index < -0.39 is 17.7 Å². The number of Topliss-reactive ketones (excluding diaryl/α,β-unsaturated/α-hetero) is 1. The van der Waals surface area contributed by atoms with Gasteiger partial charge in [-0.2, -0.15) is 0 Å². The van der Waals surface area contributed by atoms with Gasteiger partial charge in [0.1, 0.15) is 11.5 Å². The molecule has 0 spiro atoms. The van der Waals surface area contributed by atoms with Crippen molar-refractivity contribution in [3.8, 4) is 5.75 Å². The molecule has 1 aliphatic heterocycles. The summed E-state index contributed by atoms with van der Waals surface area (Å²) in [7, 11) is 1.55. The predicted octanol–water partition coefficient (Wildman–Crippen LogP) is 5.62. The molecular formula is C28H27NO4. The van der Waals surface area contributed by atoms with Crippen LogP contribution in [0.25, 0.3) is 5.76 Å². The Morgan fingerprint density at radius 3 is 2.18 bits per heavy atom. The lowest BCUT2D eigenvalue weighted by atomic mass is 9.85. The quantitative estimate of drug-likeness (QED) is 0.324. The first-order valence-electron chi connectivity index (χ1n) is 10.8. The summed E-state index contributed by atoms with van der Waals surface area (Å²) in [4.78, 5) is 27.9. The SMILES string of the molecule is COc1cccc(N2C(=O)C(=O)/C(=C(/O)c3ccccc3)C2c2ccc(C(C)(C)C)cc2)c1. The minimum atomic E-state index is -0.772. The van der Waals surface area contributed by atoms with Crippen LogP contribution in [0.2, 0.25) is 0 Å². The van der Waals surface area contributed by atoms with E-state index in [4.69, 9.17) is 4.74 Å². The molecule has 1 saturated heterocycles. The molecule has 168 valence electrons. The molecule has 1 unspecified atom stereocenters. The number of carbonyl (C=O) groups excluding carboxylic acids is 2. The van der Waals surface area contributed by atoms with E-state index in [1.165, 1.54) is 4.90 Å². The van der Waals surface area contributed by atoms with Crippen LogP contribution in [-0.4, -0.2) is 23.9 Å². The van der Waals surface area contributed by atoms with Crippen LogP contribution >= 0.6 is 0 Å². The Bertz CT molecular complexity index is 1220. The monoisotopic (exact) mass is 441 g/mol. The molecule has 1 N–H and O–H groups in total. The lowest BCUT2D eigenvalue weighted by Crippen LogP contribution is -2.29. The van der Waals surface area contributed by atoms with Gasteiger partial charge in [-0.3, -0.25) is 14.5 Å². The number of ketones is 1. The predicted molar refractivity (Wildman–Crippen MR) is 129 cm³/mol. The van der Waals surface area contributed by atoms with E-state index in [0.29, 0.717) is 17.0 Å². The van der Waals surface area contributed by atoms with Crippen LogP contribution in [-0.2, 0) is 15.0 Å². The van der Waals surface area contributed by atoms with Crippen LogP contribution < -0.4 is 9.64 Å². The summed E-state index contributed by atoms with van der Waals surface area (Å²) in [6, 6.07) is 22.9. The van der Waals surface area contributed by atoms with Gasteiger partial charge in [0.15, 0.2) is 0 Å². The first-order valence-corrected chi connectivity index (χ1v) is 10.8. The van der Waals surface area contributed by atoms with Gasteiger partial charge in [0, 0.05) is 17.3 Å². The number of rotatable bonds is 4. The number of hydrogen-bond acceptors (Lipinski definition) is 4. The van der Waals surface area contributed by atoms with E-state index in [2.05, 4.69) is 20.8 Å². The Kier molecular flexibility index (Phi) is 5.81. The number of methoxy groups -OCH3 is 1. The van der Waals surface area contributed by atoms with Crippen LogP contribution in [0.4, 0.5) is 5.69 Å². The second-order valence-corrected chi connectivity index (χ2v) is 9.11. The van der Waals surface area contributed by atoms with Gasteiger partial charge < -0.3 is 9.84 Å². The largest absolute Gasteiger partial charge is 0.507 e. The fraction of sp³-hybridized carbons (Fsp3) is 0.214. The van der Waals surface area contributed by atoms with Gasteiger partial charge in [-0.05, 0) is 28.7 Å². The van der Waals surface area contributed by atoms with Crippen molar-refractivity contribution in [1.29, 1.82) is 0 Å². The molecule has 3 aromatic carbocycles. The Balaban J connectivity index is 1.93. The molecule has 1 fully saturated rings. The molecule has 0 bridgehead atoms. The fourth-order valence-electron chi connectivity index (χ4n) is 4.09. The fourth-order valence-corrected chi connectivity index (χ4v) is 4.09. The Labute approximate surface area is 193 Å². The summed E-state index contributed by atoms with van der Waals surface area (Å²) >= 11 is 0. The highest BCUT2D eigenvalue weighted by molar-refractivity contribution is 6.51. The first-order chi connectivity index (χ1) is 15.7. The van der Waals surface area contributed by atoms with Crippen LogP contribution in [0, 0.1) is 0 Å². The van der Waals surface area contributed by atoms with Gasteiger partial charge in [-0.25, -0.2) is 0 Å². The van der Waals surface area contributed by atoms with Crippen LogP contribution in [0.3, 0.4) is 0 Å². The number of benzene rings is 3. The summed E-state index contributed by atoms with van der Waals surface area (Å²) in [6.07, 6.45) is 0. The van der Waals surface area contributed by atoms with Crippen molar-refractivity contribution in [3.63, 3.8) is 0 Å². The Hall–Kier alpha value is -3.86. The number of aliphatic hydroxyl groups excluding tert-OH is 1. The molecule has 0 aliphatic carbocycles. The third kappa shape index (κ3) is 4.14. The molecule has 3 aromatic rings. The van der Waals surface area contributed by atoms with Crippen molar-refractivity contribution < 1.29 is 19.4 Å². The van der Waals surface area contributed by atoms with E-state index in [0.717, 1.165) is 11.1 Å². The molecule has 5 nitrogen and oxygen atoms in total. The molecule has 1 aliphatic rings. The molecule has 0 aromatic heterocycles. The standard InChI is InChI=1S/C28H27NO4/c1-28(2,3)20-15-13-18(14-16-20)24-23(25(30)19-9-6-5-7-10-19)26(31)27(32)29(24)21-11-8-12-22(17-21)33-4/h5-17,24,30H,1-4H3/b25-23+. The van der Waals surface area contributed by atoms with E-state index in [1.807, 2.05) is 30.3 Å². The smallest absolute Gasteiger partial charge is 0.300 e.